The lowest BCUT2D eigenvalue weighted by atomic mass is 10.2. The molecule has 0 atom stereocenters. The third-order valence-corrected chi connectivity index (χ3v) is 4.73. The van der Waals surface area contributed by atoms with E-state index in [0.717, 1.165) is 4.47 Å². The second-order valence-electron chi connectivity index (χ2n) is 4.44. The van der Waals surface area contributed by atoms with E-state index < -0.39 is 10.0 Å². The molecule has 0 aliphatic carbocycles. The van der Waals surface area contributed by atoms with E-state index in [-0.39, 0.29) is 22.1 Å². The van der Waals surface area contributed by atoms with Crippen molar-refractivity contribution in [2.75, 3.05) is 14.2 Å². The molecule has 0 aliphatic heterocycles. The van der Waals surface area contributed by atoms with E-state index in [4.69, 9.17) is 9.47 Å². The first-order valence-corrected chi connectivity index (χ1v) is 8.61. The molecule has 6 nitrogen and oxygen atoms in total. The molecule has 0 radical (unpaired) electrons. The number of phenols is 1. The number of methoxy groups -OCH3 is 2. The van der Waals surface area contributed by atoms with Crippen LogP contribution in [0.25, 0.3) is 0 Å². The maximum Gasteiger partial charge on any atom is 0.282 e. The summed E-state index contributed by atoms with van der Waals surface area (Å²) in [4.78, 5) is 0.0784. The van der Waals surface area contributed by atoms with Gasteiger partial charge in [-0.3, -0.25) is 0 Å². The van der Waals surface area contributed by atoms with Gasteiger partial charge in [-0.15, -0.1) is 0 Å². The van der Waals surface area contributed by atoms with Crippen LogP contribution in [0.2, 0.25) is 0 Å². The highest BCUT2D eigenvalue weighted by Crippen LogP contribution is 2.36. The Bertz CT molecular complexity index is 806. The van der Waals surface area contributed by atoms with Crippen molar-refractivity contribution in [3.63, 3.8) is 0 Å². The van der Waals surface area contributed by atoms with Crippen molar-refractivity contribution in [1.29, 1.82) is 0 Å². The van der Waals surface area contributed by atoms with Crippen LogP contribution >= 0.6 is 15.9 Å². The summed E-state index contributed by atoms with van der Waals surface area (Å²) >= 11 is 3.24. The number of hydrogen-bond donors (Lipinski definition) is 1. The highest BCUT2D eigenvalue weighted by molar-refractivity contribution is 9.10. The topological polar surface area (TPSA) is 85.2 Å². The Kier molecular flexibility index (Phi) is 5.27. The highest BCUT2D eigenvalue weighted by atomic mass is 79.9. The lowest BCUT2D eigenvalue weighted by Gasteiger charge is -2.09. The molecule has 0 saturated carbocycles. The number of nitrogens with zero attached hydrogens (tertiary/aromatic N) is 1. The number of hydrogen-bond acceptors (Lipinski definition) is 5. The molecule has 0 aromatic heterocycles. The zero-order chi connectivity index (χ0) is 17.0. The summed E-state index contributed by atoms with van der Waals surface area (Å²) in [5.74, 6) is 0.154. The quantitative estimate of drug-likeness (QED) is 0.781. The second kappa shape index (κ2) is 7.01. The molecule has 0 bridgehead atoms. The summed E-state index contributed by atoms with van der Waals surface area (Å²) in [7, 11) is -1.05. The van der Waals surface area contributed by atoms with Gasteiger partial charge in [0.1, 0.15) is 0 Å². The van der Waals surface area contributed by atoms with Crippen LogP contribution in [0.5, 0.6) is 17.2 Å². The zero-order valence-corrected chi connectivity index (χ0v) is 14.8. The first-order valence-electron chi connectivity index (χ1n) is 6.38. The molecule has 0 amide bonds. The molecule has 0 spiro atoms. The van der Waals surface area contributed by atoms with Gasteiger partial charge in [0, 0.05) is 16.3 Å². The molecule has 2 rings (SSSR count). The fourth-order valence-corrected chi connectivity index (χ4v) is 2.91. The minimum atomic E-state index is -3.82. The van der Waals surface area contributed by atoms with Crippen molar-refractivity contribution in [1.82, 2.24) is 0 Å². The molecule has 0 fully saturated rings. The molecule has 0 unspecified atom stereocenters. The van der Waals surface area contributed by atoms with Crippen molar-refractivity contribution in [3.8, 4) is 17.2 Å². The van der Waals surface area contributed by atoms with Gasteiger partial charge in [0.25, 0.3) is 10.0 Å². The van der Waals surface area contributed by atoms with E-state index in [1.54, 1.807) is 12.1 Å². The first-order chi connectivity index (χ1) is 10.9. The van der Waals surface area contributed by atoms with E-state index >= 15 is 0 Å². The van der Waals surface area contributed by atoms with Crippen LogP contribution in [0.15, 0.2) is 50.2 Å². The van der Waals surface area contributed by atoms with Gasteiger partial charge in [0.2, 0.25) is 5.75 Å². The van der Waals surface area contributed by atoms with Crippen LogP contribution in [-0.4, -0.2) is 34.0 Å². The fourth-order valence-electron chi connectivity index (χ4n) is 1.79. The van der Waals surface area contributed by atoms with Gasteiger partial charge < -0.3 is 14.6 Å². The summed E-state index contributed by atoms with van der Waals surface area (Å²) in [5, 5.41) is 9.83. The van der Waals surface area contributed by atoms with Gasteiger partial charge in [-0.25, -0.2) is 0 Å². The molecule has 0 saturated heterocycles. The zero-order valence-electron chi connectivity index (χ0n) is 12.4. The average Bonchev–Trinajstić information content (AvgIpc) is 2.54. The fraction of sp³-hybridized carbons (Fsp3) is 0.133. The molecule has 0 aliphatic rings. The monoisotopic (exact) mass is 399 g/mol. The lowest BCUT2D eigenvalue weighted by Crippen LogP contribution is -1.98. The Labute approximate surface area is 142 Å². The van der Waals surface area contributed by atoms with Crippen LogP contribution in [0.4, 0.5) is 0 Å². The normalized spacial score (nSPS) is 11.6. The minimum Gasteiger partial charge on any atom is -0.502 e. The van der Waals surface area contributed by atoms with Crippen LogP contribution in [0, 0.1) is 0 Å². The number of aromatic hydroxyl groups is 1. The lowest BCUT2D eigenvalue weighted by molar-refractivity contribution is 0.340. The number of sulfonamides is 1. The second-order valence-corrected chi connectivity index (χ2v) is 6.99. The Balaban J connectivity index is 2.37. The molecule has 2 aromatic rings. The SMILES string of the molecule is COc1cc(C=NS(=O)(=O)c2ccc(Br)cc2)cc(OC)c1O. The standard InChI is InChI=1S/C15H14BrNO5S/c1-21-13-7-10(8-14(22-2)15(13)18)9-17-23(19,20)12-5-3-11(16)4-6-12/h3-9,18H,1-2H3. The van der Waals surface area contributed by atoms with Crippen LogP contribution in [0.3, 0.4) is 0 Å². The van der Waals surface area contributed by atoms with Crippen molar-refractivity contribution >= 4 is 32.2 Å². The molecule has 8 heteroatoms. The Morgan fingerprint density at radius 2 is 1.61 bits per heavy atom. The Morgan fingerprint density at radius 1 is 1.09 bits per heavy atom. The minimum absolute atomic E-state index is 0.0784. The maximum absolute atomic E-state index is 12.2. The van der Waals surface area contributed by atoms with Gasteiger partial charge in [0.05, 0.1) is 19.1 Å². The third kappa shape index (κ3) is 4.02. The molecule has 2 aromatic carbocycles. The van der Waals surface area contributed by atoms with Crippen LogP contribution in [0.1, 0.15) is 5.56 Å². The predicted octanol–water partition coefficient (Wildman–Crippen LogP) is 2.98. The molecule has 0 heterocycles. The number of halogens is 1. The first kappa shape index (κ1) is 17.3. The van der Waals surface area contributed by atoms with Gasteiger partial charge in [-0.2, -0.15) is 12.8 Å². The number of rotatable bonds is 5. The average molecular weight is 400 g/mol. The Hall–Kier alpha value is -2.06. The van der Waals surface area contributed by atoms with Crippen molar-refractivity contribution in [2.24, 2.45) is 4.40 Å². The number of benzene rings is 2. The molecule has 1 N–H and O–H groups in total. The van der Waals surface area contributed by atoms with E-state index in [1.807, 2.05) is 0 Å². The largest absolute Gasteiger partial charge is 0.502 e. The molecule has 23 heavy (non-hydrogen) atoms. The van der Waals surface area contributed by atoms with E-state index in [9.17, 15) is 13.5 Å². The molecular formula is C15H14BrNO5S. The smallest absolute Gasteiger partial charge is 0.282 e. The summed E-state index contributed by atoms with van der Waals surface area (Å²) in [6.45, 7) is 0. The highest BCUT2D eigenvalue weighted by Gasteiger charge is 2.13. The maximum atomic E-state index is 12.2. The summed E-state index contributed by atoms with van der Waals surface area (Å²) in [6, 6.07) is 9.06. The number of ether oxygens (including phenoxy) is 2. The Morgan fingerprint density at radius 3 is 2.09 bits per heavy atom. The van der Waals surface area contributed by atoms with Gasteiger partial charge in [-0.1, -0.05) is 15.9 Å². The molecular weight excluding hydrogens is 386 g/mol. The van der Waals surface area contributed by atoms with Gasteiger partial charge in [-0.05, 0) is 36.4 Å². The van der Waals surface area contributed by atoms with E-state index in [1.165, 1.54) is 44.7 Å². The van der Waals surface area contributed by atoms with Gasteiger partial charge >= 0.3 is 0 Å². The van der Waals surface area contributed by atoms with E-state index in [2.05, 4.69) is 20.3 Å². The van der Waals surface area contributed by atoms with Crippen LogP contribution in [-0.2, 0) is 10.0 Å². The summed E-state index contributed by atoms with van der Waals surface area (Å²) < 4.78 is 38.8. The summed E-state index contributed by atoms with van der Waals surface area (Å²) in [6.07, 6.45) is 1.17. The molecule has 122 valence electrons. The third-order valence-electron chi connectivity index (χ3n) is 2.95. The number of phenolic OH excluding ortho intramolecular Hbond substituents is 1. The van der Waals surface area contributed by atoms with E-state index in [0.29, 0.717) is 5.56 Å². The van der Waals surface area contributed by atoms with Crippen molar-refractivity contribution in [2.45, 2.75) is 4.90 Å². The summed E-state index contributed by atoms with van der Waals surface area (Å²) in [5.41, 5.74) is 0.414. The van der Waals surface area contributed by atoms with Crippen molar-refractivity contribution < 1.29 is 23.0 Å². The van der Waals surface area contributed by atoms with Crippen LogP contribution < -0.4 is 9.47 Å². The van der Waals surface area contributed by atoms with Gasteiger partial charge in [0.15, 0.2) is 11.5 Å². The predicted molar refractivity (Wildman–Crippen MR) is 90.1 cm³/mol. The van der Waals surface area contributed by atoms with Crippen molar-refractivity contribution in [3.05, 3.63) is 46.4 Å².